The number of aryl methyl sites for hydroxylation is 2. The number of benzene rings is 1. The van der Waals surface area contributed by atoms with Crippen molar-refractivity contribution in [1.29, 1.82) is 0 Å². The first-order valence-electron chi connectivity index (χ1n) is 11.5. The molecular weight excluding hydrogens is 392 g/mol. The van der Waals surface area contributed by atoms with Crippen LogP contribution in [0, 0.1) is 5.92 Å². The van der Waals surface area contributed by atoms with E-state index in [1.807, 2.05) is 29.8 Å². The van der Waals surface area contributed by atoms with Crippen molar-refractivity contribution in [3.05, 3.63) is 52.2 Å². The largest absolute Gasteiger partial charge is 0.376 e. The Morgan fingerprint density at radius 2 is 2.13 bits per heavy atom. The second-order valence-electron chi connectivity index (χ2n) is 8.46. The summed E-state index contributed by atoms with van der Waals surface area (Å²) >= 11 is 0. The number of ether oxygens (including phenoxy) is 1. The molecule has 1 aromatic carbocycles. The Morgan fingerprint density at radius 1 is 1.26 bits per heavy atom. The third-order valence-electron chi connectivity index (χ3n) is 6.12. The van der Waals surface area contributed by atoms with Crippen LogP contribution in [0.25, 0.3) is 0 Å². The molecule has 8 heteroatoms. The summed E-state index contributed by atoms with van der Waals surface area (Å²) in [7, 11) is 1.83. The molecule has 1 N–H and O–H groups in total. The number of aliphatic imine (C=N–C) groups is 1. The van der Waals surface area contributed by atoms with Crippen molar-refractivity contribution in [2.75, 3.05) is 33.3 Å². The predicted octanol–water partition coefficient (Wildman–Crippen LogP) is 1.89. The summed E-state index contributed by atoms with van der Waals surface area (Å²) < 4.78 is 9.39. The molecule has 0 aliphatic carbocycles. The van der Waals surface area contributed by atoms with E-state index in [2.05, 4.69) is 32.4 Å². The Kier molecular flexibility index (Phi) is 7.40. The molecule has 0 radical (unpaired) electrons. The molecule has 1 atom stereocenters. The van der Waals surface area contributed by atoms with Crippen molar-refractivity contribution in [2.45, 2.75) is 51.8 Å². The van der Waals surface area contributed by atoms with Gasteiger partial charge in [0, 0.05) is 52.1 Å². The zero-order valence-corrected chi connectivity index (χ0v) is 18.5. The molecule has 168 valence electrons. The van der Waals surface area contributed by atoms with Crippen LogP contribution in [0.1, 0.15) is 37.1 Å². The first kappa shape index (κ1) is 21.6. The minimum atomic E-state index is 0.0389. The molecule has 8 nitrogen and oxygen atoms in total. The third-order valence-corrected chi connectivity index (χ3v) is 6.12. The number of guanidine groups is 1. The van der Waals surface area contributed by atoms with Gasteiger partial charge in [-0.2, -0.15) is 5.10 Å². The third kappa shape index (κ3) is 5.55. The lowest BCUT2D eigenvalue weighted by atomic mass is 10.1. The Balaban J connectivity index is 1.17. The van der Waals surface area contributed by atoms with Crippen LogP contribution in [-0.4, -0.2) is 58.5 Å². The number of rotatable bonds is 8. The molecule has 0 amide bonds. The molecule has 3 heterocycles. The number of aromatic nitrogens is 3. The highest BCUT2D eigenvalue weighted by Crippen LogP contribution is 2.17. The van der Waals surface area contributed by atoms with E-state index in [1.54, 1.807) is 4.68 Å². The van der Waals surface area contributed by atoms with Gasteiger partial charge in [0.2, 0.25) is 0 Å². The molecule has 4 rings (SSSR count). The summed E-state index contributed by atoms with van der Waals surface area (Å²) in [5, 5.41) is 7.96. The lowest BCUT2D eigenvalue weighted by molar-refractivity contribution is 0.0907. The van der Waals surface area contributed by atoms with Gasteiger partial charge in [0.1, 0.15) is 5.82 Å². The maximum atomic E-state index is 12.4. The van der Waals surface area contributed by atoms with Gasteiger partial charge in [-0.05, 0) is 31.2 Å². The van der Waals surface area contributed by atoms with Crippen LogP contribution in [0.4, 0.5) is 0 Å². The van der Waals surface area contributed by atoms with E-state index in [0.717, 1.165) is 76.7 Å². The quantitative estimate of drug-likeness (QED) is 0.396. The fourth-order valence-corrected chi connectivity index (χ4v) is 4.43. The zero-order chi connectivity index (χ0) is 21.5. The normalized spacial score (nSPS) is 18.9. The van der Waals surface area contributed by atoms with E-state index in [9.17, 15) is 4.79 Å². The highest BCUT2D eigenvalue weighted by atomic mass is 16.5. The molecular formula is C23H34N6O2. The highest BCUT2D eigenvalue weighted by molar-refractivity contribution is 5.80. The minimum Gasteiger partial charge on any atom is -0.376 e. The summed E-state index contributed by atoms with van der Waals surface area (Å²) in [6, 6.07) is 10.3. The second-order valence-corrected chi connectivity index (χ2v) is 8.46. The van der Waals surface area contributed by atoms with Gasteiger partial charge in [-0.1, -0.05) is 30.3 Å². The number of likely N-dealkylation sites (tertiary alicyclic amines) is 1. The van der Waals surface area contributed by atoms with E-state index < -0.39 is 0 Å². The van der Waals surface area contributed by atoms with Gasteiger partial charge in [-0.3, -0.25) is 9.56 Å². The second kappa shape index (κ2) is 10.6. The van der Waals surface area contributed by atoms with Crippen LogP contribution in [0.5, 0.6) is 0 Å². The fourth-order valence-electron chi connectivity index (χ4n) is 4.43. The Morgan fingerprint density at radius 3 is 2.94 bits per heavy atom. The molecule has 31 heavy (non-hydrogen) atoms. The van der Waals surface area contributed by atoms with Gasteiger partial charge in [0.05, 0.1) is 13.2 Å². The zero-order valence-electron chi connectivity index (χ0n) is 18.5. The number of hydrogen-bond donors (Lipinski definition) is 1. The average Bonchev–Trinajstić information content (AvgIpc) is 3.39. The Hall–Kier alpha value is -2.61. The lowest BCUT2D eigenvalue weighted by Crippen LogP contribution is -2.41. The topological polar surface area (TPSA) is 76.7 Å². The van der Waals surface area contributed by atoms with Crippen molar-refractivity contribution >= 4 is 5.96 Å². The summed E-state index contributed by atoms with van der Waals surface area (Å²) in [5.41, 5.74) is 1.25. The van der Waals surface area contributed by atoms with E-state index in [4.69, 9.17) is 4.74 Å². The molecule has 0 bridgehead atoms. The highest BCUT2D eigenvalue weighted by Gasteiger charge is 2.25. The van der Waals surface area contributed by atoms with E-state index in [-0.39, 0.29) is 5.69 Å². The van der Waals surface area contributed by atoms with E-state index in [1.165, 1.54) is 5.56 Å². The van der Waals surface area contributed by atoms with Gasteiger partial charge in [0.15, 0.2) is 5.96 Å². The SMILES string of the molecule is CN=C(NCCCn1nc2n(c1=O)CCCC2)N1CCC(COCc2ccccc2)C1. The molecule has 1 fully saturated rings. The summed E-state index contributed by atoms with van der Waals surface area (Å²) in [6.45, 7) is 5.61. The van der Waals surface area contributed by atoms with Crippen LogP contribution < -0.4 is 11.0 Å². The summed E-state index contributed by atoms with van der Waals surface area (Å²) in [5.74, 6) is 2.40. The van der Waals surface area contributed by atoms with Crippen LogP contribution in [0.3, 0.4) is 0 Å². The standard InChI is InChI=1S/C23H34N6O2/c1-24-22(25-12-7-14-29-23(30)28-13-6-5-10-21(28)26-29)27-15-11-20(16-27)18-31-17-19-8-3-2-4-9-19/h2-4,8-9,20H,5-7,10-18H2,1H3,(H,24,25). The monoisotopic (exact) mass is 426 g/mol. The molecule has 2 aromatic rings. The van der Waals surface area contributed by atoms with Crippen LogP contribution in [-0.2, 0) is 30.9 Å². The lowest BCUT2D eigenvalue weighted by Gasteiger charge is -2.21. The van der Waals surface area contributed by atoms with E-state index >= 15 is 0 Å². The summed E-state index contributed by atoms with van der Waals surface area (Å²) in [6.07, 6.45) is 5.07. The van der Waals surface area contributed by atoms with Crippen LogP contribution in [0.15, 0.2) is 40.1 Å². The maximum Gasteiger partial charge on any atom is 0.345 e. The molecule has 1 aromatic heterocycles. The van der Waals surface area contributed by atoms with Gasteiger partial charge >= 0.3 is 5.69 Å². The van der Waals surface area contributed by atoms with Crippen molar-refractivity contribution in [3.8, 4) is 0 Å². The summed E-state index contributed by atoms with van der Waals surface area (Å²) in [4.78, 5) is 19.2. The van der Waals surface area contributed by atoms with Crippen molar-refractivity contribution in [3.63, 3.8) is 0 Å². The first-order chi connectivity index (χ1) is 15.2. The molecule has 0 spiro atoms. The van der Waals surface area contributed by atoms with Gasteiger partial charge < -0.3 is 15.0 Å². The van der Waals surface area contributed by atoms with Crippen molar-refractivity contribution in [2.24, 2.45) is 10.9 Å². The van der Waals surface area contributed by atoms with Gasteiger partial charge in [-0.15, -0.1) is 0 Å². The van der Waals surface area contributed by atoms with Gasteiger partial charge in [0.25, 0.3) is 0 Å². The van der Waals surface area contributed by atoms with Crippen molar-refractivity contribution in [1.82, 2.24) is 24.6 Å². The number of hydrogen-bond acceptors (Lipinski definition) is 4. The molecule has 2 aliphatic rings. The predicted molar refractivity (Wildman–Crippen MR) is 121 cm³/mol. The average molecular weight is 427 g/mol. The smallest absolute Gasteiger partial charge is 0.345 e. The molecule has 2 aliphatic heterocycles. The number of nitrogens with one attached hydrogen (secondary N) is 1. The minimum absolute atomic E-state index is 0.0389. The van der Waals surface area contributed by atoms with Gasteiger partial charge in [-0.25, -0.2) is 9.48 Å². The molecule has 1 saturated heterocycles. The fraction of sp³-hybridized carbons (Fsp3) is 0.609. The number of nitrogens with zero attached hydrogens (tertiary/aromatic N) is 5. The maximum absolute atomic E-state index is 12.4. The number of fused-ring (bicyclic) bond motifs is 1. The van der Waals surface area contributed by atoms with E-state index in [0.29, 0.717) is 19.1 Å². The molecule has 0 saturated carbocycles. The molecule has 1 unspecified atom stereocenters. The van der Waals surface area contributed by atoms with Crippen molar-refractivity contribution < 1.29 is 4.74 Å². The van der Waals surface area contributed by atoms with Crippen LogP contribution in [0.2, 0.25) is 0 Å². The van der Waals surface area contributed by atoms with Crippen LogP contribution >= 0.6 is 0 Å². The Bertz CT molecular complexity index is 920. The first-order valence-corrected chi connectivity index (χ1v) is 11.5. The Labute approximate surface area is 183 Å².